The first-order valence-corrected chi connectivity index (χ1v) is 12.3. The number of nitrogens with zero attached hydrogens (tertiary/aromatic N) is 3. The summed E-state index contributed by atoms with van der Waals surface area (Å²) < 4.78 is 7.55. The zero-order valence-electron chi connectivity index (χ0n) is 21.1. The first-order chi connectivity index (χ1) is 18.4. The number of para-hydroxylation sites is 1. The Morgan fingerprint density at radius 1 is 0.895 bits per heavy atom. The molecule has 0 radical (unpaired) electrons. The fraction of sp³-hybridized carbons (Fsp3) is 0.133. The molecule has 0 bridgehead atoms. The Morgan fingerprint density at radius 3 is 2.26 bits per heavy atom. The van der Waals surface area contributed by atoms with E-state index in [1.807, 2.05) is 79.2 Å². The maximum atomic E-state index is 12.9. The average molecular weight is 506 g/mol. The second-order valence-corrected chi connectivity index (χ2v) is 8.97. The van der Waals surface area contributed by atoms with E-state index < -0.39 is 5.91 Å². The predicted molar refractivity (Wildman–Crippen MR) is 146 cm³/mol. The smallest absolute Gasteiger partial charge is 0.249 e. The SMILES string of the molecule is Cc1nn(-c2ccccc2)c(C)c1-c1noc(NC(=O)CCc2ccccc2)c1-c1ccccc1C(N)=O. The van der Waals surface area contributed by atoms with E-state index in [1.54, 1.807) is 24.3 Å². The van der Waals surface area contributed by atoms with Gasteiger partial charge in [-0.3, -0.25) is 14.9 Å². The molecule has 0 spiro atoms. The van der Waals surface area contributed by atoms with Gasteiger partial charge in [0, 0.05) is 23.1 Å². The molecular weight excluding hydrogens is 478 g/mol. The minimum Gasteiger partial charge on any atom is -0.366 e. The molecule has 5 rings (SSSR count). The molecule has 0 saturated carbocycles. The Bertz CT molecular complexity index is 1600. The van der Waals surface area contributed by atoms with Gasteiger partial charge < -0.3 is 10.3 Å². The highest BCUT2D eigenvalue weighted by Crippen LogP contribution is 2.42. The summed E-state index contributed by atoms with van der Waals surface area (Å²) in [6, 6.07) is 26.5. The van der Waals surface area contributed by atoms with Crippen molar-refractivity contribution in [2.45, 2.75) is 26.7 Å². The highest BCUT2D eigenvalue weighted by molar-refractivity contribution is 6.05. The Labute approximate surface area is 220 Å². The molecule has 0 aliphatic rings. The molecule has 0 atom stereocenters. The van der Waals surface area contributed by atoms with Gasteiger partial charge >= 0.3 is 0 Å². The Hall–Kier alpha value is -4.98. The van der Waals surface area contributed by atoms with Gasteiger partial charge in [-0.2, -0.15) is 5.10 Å². The molecule has 3 aromatic carbocycles. The van der Waals surface area contributed by atoms with Gasteiger partial charge in [0.25, 0.3) is 0 Å². The molecule has 3 N–H and O–H groups in total. The monoisotopic (exact) mass is 505 g/mol. The minimum atomic E-state index is -0.595. The third kappa shape index (κ3) is 4.84. The Balaban J connectivity index is 1.59. The number of nitrogens with two attached hydrogens (primary N) is 1. The number of carbonyl (C=O) groups excluding carboxylic acids is 2. The molecule has 2 heterocycles. The summed E-state index contributed by atoms with van der Waals surface area (Å²) >= 11 is 0. The highest BCUT2D eigenvalue weighted by atomic mass is 16.5. The molecule has 0 aliphatic carbocycles. The number of hydrogen-bond acceptors (Lipinski definition) is 5. The molecule has 5 aromatic rings. The van der Waals surface area contributed by atoms with Crippen molar-refractivity contribution in [1.82, 2.24) is 14.9 Å². The quantitative estimate of drug-likeness (QED) is 0.290. The van der Waals surface area contributed by atoms with Crippen LogP contribution in [-0.2, 0) is 11.2 Å². The van der Waals surface area contributed by atoms with Gasteiger partial charge in [0.1, 0.15) is 5.69 Å². The number of aryl methyl sites for hydroxylation is 2. The normalized spacial score (nSPS) is 10.9. The first-order valence-electron chi connectivity index (χ1n) is 12.3. The molecule has 38 heavy (non-hydrogen) atoms. The van der Waals surface area contributed by atoms with Crippen LogP contribution in [0.4, 0.5) is 5.88 Å². The number of hydrogen-bond donors (Lipinski definition) is 2. The summed E-state index contributed by atoms with van der Waals surface area (Å²) in [6.07, 6.45) is 0.823. The molecule has 0 aliphatic heterocycles. The van der Waals surface area contributed by atoms with Crippen LogP contribution in [0.15, 0.2) is 89.5 Å². The summed E-state index contributed by atoms with van der Waals surface area (Å²) in [5.74, 6) is -0.677. The van der Waals surface area contributed by atoms with Crippen LogP contribution >= 0.6 is 0 Å². The first kappa shape index (κ1) is 24.7. The van der Waals surface area contributed by atoms with Crippen LogP contribution < -0.4 is 11.1 Å². The summed E-state index contributed by atoms with van der Waals surface area (Å²) in [4.78, 5) is 25.3. The van der Waals surface area contributed by atoms with Gasteiger partial charge in [0.05, 0.1) is 22.6 Å². The van der Waals surface area contributed by atoms with Gasteiger partial charge in [0.15, 0.2) is 0 Å². The largest absolute Gasteiger partial charge is 0.366 e. The third-order valence-corrected chi connectivity index (χ3v) is 6.42. The van der Waals surface area contributed by atoms with Crippen LogP contribution in [-0.4, -0.2) is 26.8 Å². The van der Waals surface area contributed by atoms with Crippen molar-refractivity contribution < 1.29 is 14.1 Å². The lowest BCUT2D eigenvalue weighted by molar-refractivity contribution is -0.116. The van der Waals surface area contributed by atoms with Crippen molar-refractivity contribution in [2.24, 2.45) is 5.73 Å². The van der Waals surface area contributed by atoms with E-state index in [2.05, 4.69) is 10.5 Å². The van der Waals surface area contributed by atoms with Crippen LogP contribution in [0.1, 0.15) is 33.7 Å². The fourth-order valence-corrected chi connectivity index (χ4v) is 4.61. The summed E-state index contributed by atoms with van der Waals surface area (Å²) in [7, 11) is 0. The standard InChI is InChI=1S/C30H27N5O3/c1-19-26(20(2)35(33-19)22-13-7-4-8-14-22)28-27(23-15-9-10-16-24(23)29(31)37)30(38-34-28)32-25(36)18-17-21-11-5-3-6-12-21/h3-16H,17-18H2,1-2H3,(H2,31,37)(H,32,36). The second kappa shape index (κ2) is 10.6. The van der Waals surface area contributed by atoms with Crippen LogP contribution in [0.25, 0.3) is 28.1 Å². The van der Waals surface area contributed by atoms with Gasteiger partial charge in [-0.05, 0) is 44.0 Å². The van der Waals surface area contributed by atoms with Crippen molar-refractivity contribution in [3.8, 4) is 28.1 Å². The minimum absolute atomic E-state index is 0.151. The van der Waals surface area contributed by atoms with E-state index in [0.717, 1.165) is 28.2 Å². The van der Waals surface area contributed by atoms with Crippen molar-refractivity contribution in [3.63, 3.8) is 0 Å². The van der Waals surface area contributed by atoms with E-state index in [4.69, 9.17) is 15.4 Å². The maximum absolute atomic E-state index is 12.9. The van der Waals surface area contributed by atoms with Gasteiger partial charge in [-0.15, -0.1) is 0 Å². The third-order valence-electron chi connectivity index (χ3n) is 6.42. The van der Waals surface area contributed by atoms with Crippen molar-refractivity contribution >= 4 is 17.7 Å². The average Bonchev–Trinajstić information content (AvgIpc) is 3.47. The van der Waals surface area contributed by atoms with Gasteiger partial charge in [-0.1, -0.05) is 71.9 Å². The molecule has 0 fully saturated rings. The second-order valence-electron chi connectivity index (χ2n) is 8.97. The topological polar surface area (TPSA) is 116 Å². The lowest BCUT2D eigenvalue weighted by Gasteiger charge is -2.10. The summed E-state index contributed by atoms with van der Waals surface area (Å²) in [5.41, 5.74) is 11.7. The van der Waals surface area contributed by atoms with Crippen molar-refractivity contribution in [3.05, 3.63) is 107 Å². The van der Waals surface area contributed by atoms with E-state index in [9.17, 15) is 9.59 Å². The molecule has 8 heteroatoms. The fourth-order valence-electron chi connectivity index (χ4n) is 4.61. The number of carbonyl (C=O) groups is 2. The molecule has 2 amide bonds. The number of nitrogens with one attached hydrogen (secondary N) is 1. The number of primary amides is 1. The number of aromatic nitrogens is 3. The predicted octanol–water partition coefficient (Wildman–Crippen LogP) is 5.48. The van der Waals surface area contributed by atoms with Crippen LogP contribution in [0, 0.1) is 13.8 Å². The molecule has 2 aromatic heterocycles. The van der Waals surface area contributed by atoms with E-state index >= 15 is 0 Å². The van der Waals surface area contributed by atoms with Crippen LogP contribution in [0.2, 0.25) is 0 Å². The number of anilines is 1. The number of amides is 2. The molecule has 0 saturated heterocycles. The van der Waals surface area contributed by atoms with Crippen molar-refractivity contribution in [2.75, 3.05) is 5.32 Å². The molecule has 8 nitrogen and oxygen atoms in total. The molecule has 0 unspecified atom stereocenters. The van der Waals surface area contributed by atoms with Crippen LogP contribution in [0.3, 0.4) is 0 Å². The maximum Gasteiger partial charge on any atom is 0.249 e. The molecule has 190 valence electrons. The van der Waals surface area contributed by atoms with Gasteiger partial charge in [0.2, 0.25) is 17.7 Å². The van der Waals surface area contributed by atoms with Crippen LogP contribution in [0.5, 0.6) is 0 Å². The molecular formula is C30H27N5O3. The summed E-state index contributed by atoms with van der Waals surface area (Å²) in [6.45, 7) is 3.83. The van der Waals surface area contributed by atoms with E-state index in [1.165, 1.54) is 0 Å². The van der Waals surface area contributed by atoms with Crippen molar-refractivity contribution in [1.29, 1.82) is 0 Å². The zero-order valence-corrected chi connectivity index (χ0v) is 21.1. The summed E-state index contributed by atoms with van der Waals surface area (Å²) in [5, 5.41) is 12.0. The Kier molecular flexibility index (Phi) is 6.86. The zero-order chi connectivity index (χ0) is 26.6. The van der Waals surface area contributed by atoms with Gasteiger partial charge in [-0.25, -0.2) is 4.68 Å². The Morgan fingerprint density at radius 2 is 1.55 bits per heavy atom. The lowest BCUT2D eigenvalue weighted by atomic mass is 9.95. The highest BCUT2D eigenvalue weighted by Gasteiger charge is 2.28. The number of rotatable bonds is 8. The number of benzene rings is 3. The lowest BCUT2D eigenvalue weighted by Crippen LogP contribution is -2.14. The van der Waals surface area contributed by atoms with E-state index in [0.29, 0.717) is 28.8 Å². The van der Waals surface area contributed by atoms with E-state index in [-0.39, 0.29) is 18.2 Å².